The summed E-state index contributed by atoms with van der Waals surface area (Å²) < 4.78 is 39.7. The van der Waals surface area contributed by atoms with Crippen LogP contribution >= 0.6 is 11.8 Å². The minimum atomic E-state index is -4.64. The van der Waals surface area contributed by atoms with Crippen molar-refractivity contribution in [2.75, 3.05) is 0 Å². The maximum Gasteiger partial charge on any atom is 0.416 e. The number of hydrogen-bond acceptors (Lipinski definition) is 5. The largest absolute Gasteiger partial charge is 0.416 e. The molecule has 0 saturated carbocycles. The number of nitrogens with zero attached hydrogens (tertiary/aromatic N) is 4. The minimum Gasteiger partial charge on any atom is -0.277 e. The van der Waals surface area contributed by atoms with Gasteiger partial charge in [-0.2, -0.15) is 13.2 Å². The monoisotopic (exact) mass is 340 g/mol. The topological polar surface area (TPSA) is 73.3 Å². The van der Waals surface area contributed by atoms with E-state index in [1.807, 2.05) is 0 Å². The lowest BCUT2D eigenvalue weighted by atomic mass is 10.2. The van der Waals surface area contributed by atoms with Gasteiger partial charge < -0.3 is 0 Å². The van der Waals surface area contributed by atoms with Crippen LogP contribution in [-0.2, 0) is 6.18 Å². The van der Waals surface area contributed by atoms with Gasteiger partial charge in [-0.15, -0.1) is 10.2 Å². The van der Waals surface area contributed by atoms with Gasteiger partial charge in [0.15, 0.2) is 5.65 Å². The Balaban J connectivity index is 2.04. The number of nitro groups is 1. The lowest BCUT2D eigenvalue weighted by Gasteiger charge is -2.08. The molecule has 0 spiro atoms. The van der Waals surface area contributed by atoms with E-state index in [4.69, 9.17) is 0 Å². The van der Waals surface area contributed by atoms with E-state index in [-0.39, 0.29) is 4.90 Å². The van der Waals surface area contributed by atoms with E-state index in [1.54, 1.807) is 28.8 Å². The van der Waals surface area contributed by atoms with Gasteiger partial charge in [0.1, 0.15) is 0 Å². The van der Waals surface area contributed by atoms with E-state index in [9.17, 15) is 23.3 Å². The lowest BCUT2D eigenvalue weighted by molar-refractivity contribution is -0.388. The number of alkyl halides is 3. The van der Waals surface area contributed by atoms with Gasteiger partial charge in [-0.1, -0.05) is 6.07 Å². The van der Waals surface area contributed by atoms with Crippen molar-refractivity contribution in [3.8, 4) is 0 Å². The molecule has 0 fully saturated rings. The third kappa shape index (κ3) is 2.97. The van der Waals surface area contributed by atoms with Crippen LogP contribution in [0, 0.1) is 10.1 Å². The molecule has 2 heterocycles. The third-order valence-corrected chi connectivity index (χ3v) is 3.99. The first-order valence-corrected chi connectivity index (χ1v) is 7.01. The van der Waals surface area contributed by atoms with Gasteiger partial charge in [-0.3, -0.25) is 14.5 Å². The molecule has 118 valence electrons. The predicted molar refractivity (Wildman–Crippen MR) is 75.2 cm³/mol. The fraction of sp³-hybridized carbons (Fsp3) is 0.0769. The molecule has 0 aliphatic rings. The standard InChI is InChI=1S/C13H7F3N4O2S/c14-13(15,16)8-4-5-10(9(7-8)20(21)22)23-12-18-17-11-3-1-2-6-19(11)12/h1-7H. The van der Waals surface area contributed by atoms with E-state index in [0.29, 0.717) is 16.9 Å². The highest BCUT2D eigenvalue weighted by Crippen LogP contribution is 2.38. The highest BCUT2D eigenvalue weighted by atomic mass is 32.2. The average Bonchev–Trinajstić information content (AvgIpc) is 2.90. The number of pyridine rings is 1. The molecular weight excluding hydrogens is 333 g/mol. The molecule has 0 unspecified atom stereocenters. The quantitative estimate of drug-likeness (QED) is 0.535. The summed E-state index contributed by atoms with van der Waals surface area (Å²) in [6.07, 6.45) is -2.98. The summed E-state index contributed by atoms with van der Waals surface area (Å²) in [6, 6.07) is 7.55. The van der Waals surface area contributed by atoms with Crippen LogP contribution in [0.2, 0.25) is 0 Å². The molecule has 0 saturated heterocycles. The number of hydrogen-bond donors (Lipinski definition) is 0. The molecular formula is C13H7F3N4O2S. The first kappa shape index (κ1) is 15.3. The van der Waals surface area contributed by atoms with Crippen LogP contribution in [-0.4, -0.2) is 19.5 Å². The summed E-state index contributed by atoms with van der Waals surface area (Å²) in [5.74, 6) is 0. The first-order chi connectivity index (χ1) is 10.9. The van der Waals surface area contributed by atoms with Crippen molar-refractivity contribution < 1.29 is 18.1 Å². The summed E-state index contributed by atoms with van der Waals surface area (Å²) in [5, 5.41) is 19.2. The zero-order valence-electron chi connectivity index (χ0n) is 11.2. The van der Waals surface area contributed by atoms with Crippen molar-refractivity contribution in [3.05, 3.63) is 58.3 Å². The van der Waals surface area contributed by atoms with E-state index in [0.717, 1.165) is 23.9 Å². The first-order valence-electron chi connectivity index (χ1n) is 6.19. The molecule has 0 N–H and O–H groups in total. The minimum absolute atomic E-state index is 0.0566. The molecule has 0 aliphatic carbocycles. The molecule has 0 aliphatic heterocycles. The second kappa shape index (κ2) is 5.54. The van der Waals surface area contributed by atoms with Gasteiger partial charge >= 0.3 is 6.18 Å². The number of fused-ring (bicyclic) bond motifs is 1. The van der Waals surface area contributed by atoms with Crippen LogP contribution in [0.1, 0.15) is 5.56 Å². The van der Waals surface area contributed by atoms with Crippen molar-refractivity contribution >= 4 is 23.1 Å². The fourth-order valence-electron chi connectivity index (χ4n) is 1.91. The number of benzene rings is 1. The van der Waals surface area contributed by atoms with E-state index >= 15 is 0 Å². The summed E-state index contributed by atoms with van der Waals surface area (Å²) in [6.45, 7) is 0. The normalized spacial score (nSPS) is 11.8. The van der Waals surface area contributed by atoms with Crippen molar-refractivity contribution in [3.63, 3.8) is 0 Å². The Labute approximate surface area is 131 Å². The number of halogens is 3. The maximum absolute atomic E-state index is 12.7. The second-order valence-corrected chi connectivity index (χ2v) is 5.46. The van der Waals surface area contributed by atoms with Crippen LogP contribution in [0.25, 0.3) is 5.65 Å². The van der Waals surface area contributed by atoms with Crippen molar-refractivity contribution in [1.29, 1.82) is 0 Å². The number of rotatable bonds is 3. The van der Waals surface area contributed by atoms with Crippen LogP contribution in [0.3, 0.4) is 0 Å². The van der Waals surface area contributed by atoms with Gasteiger partial charge in [0.25, 0.3) is 5.69 Å². The Morgan fingerprint density at radius 2 is 1.96 bits per heavy atom. The number of nitro benzene ring substituents is 1. The van der Waals surface area contributed by atoms with Crippen LogP contribution in [0.4, 0.5) is 18.9 Å². The SMILES string of the molecule is O=[N+]([O-])c1cc(C(F)(F)F)ccc1Sc1nnc2ccccn12. The molecule has 0 radical (unpaired) electrons. The van der Waals surface area contributed by atoms with E-state index < -0.39 is 22.4 Å². The third-order valence-electron chi connectivity index (χ3n) is 2.97. The fourth-order valence-corrected chi connectivity index (χ4v) is 2.82. The summed E-state index contributed by atoms with van der Waals surface area (Å²) >= 11 is 0.878. The molecule has 3 rings (SSSR count). The molecule has 2 aromatic heterocycles. The van der Waals surface area contributed by atoms with Gasteiger partial charge in [-0.25, -0.2) is 0 Å². The summed E-state index contributed by atoms with van der Waals surface area (Å²) in [4.78, 5) is 10.3. The molecule has 23 heavy (non-hydrogen) atoms. The predicted octanol–water partition coefficient (Wildman–Crippen LogP) is 3.81. The molecule has 10 heteroatoms. The highest BCUT2D eigenvalue weighted by molar-refractivity contribution is 7.99. The Morgan fingerprint density at radius 3 is 2.65 bits per heavy atom. The van der Waals surface area contributed by atoms with Crippen LogP contribution < -0.4 is 0 Å². The zero-order valence-corrected chi connectivity index (χ0v) is 12.0. The van der Waals surface area contributed by atoms with Gasteiger partial charge in [-0.05, 0) is 36.0 Å². The van der Waals surface area contributed by atoms with Gasteiger partial charge in [0, 0.05) is 12.3 Å². The summed E-state index contributed by atoms with van der Waals surface area (Å²) in [7, 11) is 0. The van der Waals surface area contributed by atoms with Crippen LogP contribution in [0.5, 0.6) is 0 Å². The number of aromatic nitrogens is 3. The van der Waals surface area contributed by atoms with Crippen molar-refractivity contribution in [2.24, 2.45) is 0 Å². The van der Waals surface area contributed by atoms with Gasteiger partial charge in [0.05, 0.1) is 15.4 Å². The van der Waals surface area contributed by atoms with Crippen molar-refractivity contribution in [2.45, 2.75) is 16.2 Å². The second-order valence-electron chi connectivity index (χ2n) is 4.45. The molecule has 6 nitrogen and oxygen atoms in total. The molecule has 3 aromatic rings. The van der Waals surface area contributed by atoms with E-state index in [2.05, 4.69) is 10.2 Å². The highest BCUT2D eigenvalue weighted by Gasteiger charge is 2.33. The molecule has 1 aromatic carbocycles. The Bertz CT molecular complexity index is 894. The van der Waals surface area contributed by atoms with Crippen molar-refractivity contribution in [1.82, 2.24) is 14.6 Å². The molecule has 0 atom stereocenters. The Kier molecular flexibility index (Phi) is 3.68. The molecule has 0 bridgehead atoms. The Hall–Kier alpha value is -2.62. The van der Waals surface area contributed by atoms with Crippen LogP contribution in [0.15, 0.2) is 52.6 Å². The summed E-state index contributed by atoms with van der Waals surface area (Å²) in [5.41, 5.74) is -1.17. The van der Waals surface area contributed by atoms with Gasteiger partial charge in [0.2, 0.25) is 5.16 Å². The average molecular weight is 340 g/mol. The maximum atomic E-state index is 12.7. The Morgan fingerprint density at radius 1 is 1.17 bits per heavy atom. The zero-order chi connectivity index (χ0) is 16.6. The molecule has 0 amide bonds. The lowest BCUT2D eigenvalue weighted by Crippen LogP contribution is -2.06. The van der Waals surface area contributed by atoms with E-state index in [1.165, 1.54) is 0 Å². The smallest absolute Gasteiger partial charge is 0.277 e.